The summed E-state index contributed by atoms with van der Waals surface area (Å²) in [6.07, 6.45) is 0. The first-order valence-corrected chi connectivity index (χ1v) is 10.5. The average Bonchev–Trinajstić information content (AvgIpc) is 2.33. The van der Waals surface area contributed by atoms with Gasteiger partial charge in [-0.2, -0.15) is 8.42 Å². The highest BCUT2D eigenvalue weighted by Gasteiger charge is 2.66. The van der Waals surface area contributed by atoms with Crippen LogP contribution in [-0.4, -0.2) is 40.4 Å². The van der Waals surface area contributed by atoms with Crippen molar-refractivity contribution in [3.63, 3.8) is 0 Å². The third kappa shape index (κ3) is 4.57. The van der Waals surface area contributed by atoms with Crippen LogP contribution in [-0.2, 0) is 19.7 Å². The molecule has 0 aliphatic heterocycles. The van der Waals surface area contributed by atoms with Gasteiger partial charge >= 0.3 is 11.9 Å². The maximum Gasteiger partial charge on any atom is 0.325 e. The predicted molar refractivity (Wildman–Crippen MR) is 99.4 cm³/mol. The Balaban J connectivity index is 7.43. The number of rotatable bonds is 10. The van der Waals surface area contributed by atoms with Gasteiger partial charge in [-0.3, -0.25) is 14.1 Å². The Bertz CT molecular complexity index is 569. The molecule has 0 heterocycles. The zero-order valence-corrected chi connectivity index (χ0v) is 17.7. The largest absolute Gasteiger partial charge is 0.481 e. The van der Waals surface area contributed by atoms with Crippen molar-refractivity contribution in [2.75, 3.05) is 0 Å². The summed E-state index contributed by atoms with van der Waals surface area (Å²) in [7, 11) is -5.17. The topological polar surface area (TPSA) is 129 Å². The fourth-order valence-electron chi connectivity index (χ4n) is 5.29. The molecule has 0 aliphatic rings. The third-order valence-electron chi connectivity index (χ3n) is 5.30. The Morgan fingerprint density at radius 1 is 0.731 bits per heavy atom. The molecule has 0 bridgehead atoms. The summed E-state index contributed by atoms with van der Waals surface area (Å²) < 4.78 is 34.1. The van der Waals surface area contributed by atoms with Gasteiger partial charge in [-0.05, 0) is 35.5 Å². The second-order valence-electron chi connectivity index (χ2n) is 8.50. The molecule has 0 rings (SSSR count). The molecule has 0 aromatic carbocycles. The van der Waals surface area contributed by atoms with Gasteiger partial charge in [-0.15, -0.1) is 0 Å². The Morgan fingerprint density at radius 3 is 1.12 bits per heavy atom. The standard InChI is InChI=1S/C18H34O7S/c1-9(2)13(10(3)4)18(17(21)22,14(11(5)6)12(7)8)15(16(19)20)26(23,24)25/h9-15H,1-8H3,(H,19,20)(H,21,22)(H,23,24,25). The van der Waals surface area contributed by atoms with Gasteiger partial charge in [0.2, 0.25) is 0 Å². The Labute approximate surface area is 156 Å². The van der Waals surface area contributed by atoms with Crippen molar-refractivity contribution in [3.8, 4) is 0 Å². The average molecular weight is 395 g/mol. The molecule has 0 radical (unpaired) electrons. The summed E-state index contributed by atoms with van der Waals surface area (Å²) in [4.78, 5) is 24.7. The highest BCUT2D eigenvalue weighted by molar-refractivity contribution is 7.87. The molecule has 154 valence electrons. The monoisotopic (exact) mass is 394 g/mol. The lowest BCUT2D eigenvalue weighted by Gasteiger charge is -2.51. The summed E-state index contributed by atoms with van der Waals surface area (Å²) in [5.74, 6) is -6.14. The van der Waals surface area contributed by atoms with E-state index in [1.807, 2.05) is 0 Å². The second kappa shape index (κ2) is 8.69. The van der Waals surface area contributed by atoms with Crippen LogP contribution in [0.5, 0.6) is 0 Å². The van der Waals surface area contributed by atoms with Crippen LogP contribution in [0, 0.1) is 40.9 Å². The Morgan fingerprint density at radius 2 is 1.00 bits per heavy atom. The molecule has 1 atom stereocenters. The number of carboxylic acids is 2. The Kier molecular flexibility index (Phi) is 8.31. The van der Waals surface area contributed by atoms with Gasteiger partial charge in [-0.1, -0.05) is 55.4 Å². The van der Waals surface area contributed by atoms with Crippen molar-refractivity contribution in [1.82, 2.24) is 0 Å². The van der Waals surface area contributed by atoms with Crippen molar-refractivity contribution in [2.24, 2.45) is 40.9 Å². The van der Waals surface area contributed by atoms with E-state index in [4.69, 9.17) is 0 Å². The van der Waals surface area contributed by atoms with Gasteiger partial charge in [-0.25, -0.2) is 0 Å². The smallest absolute Gasteiger partial charge is 0.325 e. The van der Waals surface area contributed by atoms with Crippen LogP contribution in [0.25, 0.3) is 0 Å². The zero-order chi connectivity index (χ0) is 21.2. The molecular weight excluding hydrogens is 360 g/mol. The van der Waals surface area contributed by atoms with Crippen LogP contribution in [0.3, 0.4) is 0 Å². The molecular formula is C18H34O7S. The molecule has 0 saturated heterocycles. The number of hydrogen-bond donors (Lipinski definition) is 3. The van der Waals surface area contributed by atoms with Crippen LogP contribution in [0.4, 0.5) is 0 Å². The van der Waals surface area contributed by atoms with Crippen molar-refractivity contribution in [1.29, 1.82) is 0 Å². The number of carboxylic acid groups (broad SMARTS) is 2. The first kappa shape index (κ1) is 24.8. The van der Waals surface area contributed by atoms with Gasteiger partial charge in [0.1, 0.15) is 5.41 Å². The van der Waals surface area contributed by atoms with E-state index in [0.717, 1.165) is 0 Å². The van der Waals surface area contributed by atoms with E-state index in [0.29, 0.717) is 0 Å². The maximum absolute atomic E-state index is 12.7. The third-order valence-corrected chi connectivity index (χ3v) is 6.49. The molecule has 0 amide bonds. The zero-order valence-electron chi connectivity index (χ0n) is 16.9. The van der Waals surface area contributed by atoms with Gasteiger partial charge in [0, 0.05) is 0 Å². The van der Waals surface area contributed by atoms with Crippen molar-refractivity contribution in [3.05, 3.63) is 0 Å². The van der Waals surface area contributed by atoms with Crippen LogP contribution in [0.15, 0.2) is 0 Å². The molecule has 0 spiro atoms. The van der Waals surface area contributed by atoms with E-state index < -0.39 is 44.6 Å². The van der Waals surface area contributed by atoms with Crippen LogP contribution >= 0.6 is 0 Å². The fraction of sp³-hybridized carbons (Fsp3) is 0.889. The first-order valence-electron chi connectivity index (χ1n) is 8.96. The molecule has 0 saturated carbocycles. The van der Waals surface area contributed by atoms with Crippen molar-refractivity contribution < 1.29 is 32.8 Å². The minimum atomic E-state index is -5.17. The molecule has 26 heavy (non-hydrogen) atoms. The van der Waals surface area contributed by atoms with Gasteiger partial charge < -0.3 is 10.2 Å². The minimum Gasteiger partial charge on any atom is -0.481 e. The summed E-state index contributed by atoms with van der Waals surface area (Å²) in [5, 5.41) is 17.6. The molecule has 0 aromatic heterocycles. The summed E-state index contributed by atoms with van der Waals surface area (Å²) >= 11 is 0. The van der Waals surface area contributed by atoms with Crippen LogP contribution in [0.1, 0.15) is 55.4 Å². The number of hydrogen-bond acceptors (Lipinski definition) is 4. The highest BCUT2D eigenvalue weighted by Crippen LogP contribution is 2.53. The van der Waals surface area contributed by atoms with Gasteiger partial charge in [0.25, 0.3) is 10.1 Å². The Hall–Kier alpha value is -1.15. The molecule has 8 heteroatoms. The molecule has 3 N–H and O–H groups in total. The first-order chi connectivity index (χ1) is 11.5. The molecule has 0 aromatic rings. The molecule has 1 unspecified atom stereocenters. The lowest BCUT2D eigenvalue weighted by Crippen LogP contribution is -2.63. The van der Waals surface area contributed by atoms with Crippen LogP contribution < -0.4 is 0 Å². The van der Waals surface area contributed by atoms with Crippen molar-refractivity contribution >= 4 is 22.1 Å². The molecule has 7 nitrogen and oxygen atoms in total. The van der Waals surface area contributed by atoms with E-state index >= 15 is 0 Å². The minimum absolute atomic E-state index is 0.310. The highest BCUT2D eigenvalue weighted by atomic mass is 32.2. The van der Waals surface area contributed by atoms with Crippen LogP contribution in [0.2, 0.25) is 0 Å². The van der Waals surface area contributed by atoms with E-state index in [2.05, 4.69) is 0 Å². The summed E-state index contributed by atoms with van der Waals surface area (Å²) in [6.45, 7) is 14.0. The number of aliphatic carboxylic acids is 2. The van der Waals surface area contributed by atoms with E-state index in [1.165, 1.54) is 0 Å². The normalized spacial score (nSPS) is 14.9. The molecule has 0 fully saturated rings. The van der Waals surface area contributed by atoms with E-state index in [1.54, 1.807) is 55.4 Å². The maximum atomic E-state index is 12.7. The summed E-state index contributed by atoms with van der Waals surface area (Å²) in [6, 6.07) is 0. The van der Waals surface area contributed by atoms with E-state index in [-0.39, 0.29) is 23.7 Å². The lowest BCUT2D eigenvalue weighted by molar-refractivity contribution is -0.173. The number of carbonyl (C=O) groups is 2. The van der Waals surface area contributed by atoms with Crippen molar-refractivity contribution in [2.45, 2.75) is 60.6 Å². The second-order valence-corrected chi connectivity index (χ2v) is 10.0. The predicted octanol–water partition coefficient (Wildman–Crippen LogP) is 3.25. The fourth-order valence-corrected chi connectivity index (χ4v) is 6.46. The quantitative estimate of drug-likeness (QED) is 0.485. The lowest BCUT2D eigenvalue weighted by atomic mass is 9.53. The van der Waals surface area contributed by atoms with E-state index in [9.17, 15) is 32.8 Å². The van der Waals surface area contributed by atoms with Gasteiger partial charge in [0.15, 0.2) is 5.25 Å². The molecule has 0 aliphatic carbocycles. The van der Waals surface area contributed by atoms with Gasteiger partial charge in [0.05, 0.1) is 0 Å². The SMILES string of the molecule is CC(C)C(C(C)C)C(C(=O)O)(C(C(C)C)C(C)C)C(C(=O)O)S(=O)(=O)O. The summed E-state index contributed by atoms with van der Waals surface area (Å²) in [5.41, 5.74) is -2.18.